The Morgan fingerprint density at radius 1 is 0.254 bits per heavy atom. The molecule has 0 amide bonds. The zero-order chi connectivity index (χ0) is 77.6. The van der Waals surface area contributed by atoms with Gasteiger partial charge >= 0.3 is 0 Å². The summed E-state index contributed by atoms with van der Waals surface area (Å²) < 4.78 is 30.3. The molecule has 20 rings (SSSR count). The van der Waals surface area contributed by atoms with Crippen LogP contribution in [0.4, 0.5) is 0 Å². The van der Waals surface area contributed by atoms with Crippen molar-refractivity contribution in [3.8, 4) is 0 Å². The van der Waals surface area contributed by atoms with E-state index in [1.165, 1.54) is 66.8 Å². The Bertz CT molecular complexity index is 5510. The molecular formula is C106H98N4O4. The maximum absolute atomic E-state index is 7.70. The van der Waals surface area contributed by atoms with Crippen LogP contribution in [0.5, 0.6) is 0 Å². The van der Waals surface area contributed by atoms with Gasteiger partial charge in [-0.1, -0.05) is 333 Å². The van der Waals surface area contributed by atoms with Crippen LogP contribution in [0.15, 0.2) is 311 Å². The molecule has 8 nitrogen and oxygen atoms in total. The minimum Gasteiger partial charge on any atom is -0.467 e. The third-order valence-corrected chi connectivity index (χ3v) is 26.6. The molecule has 0 bridgehead atoms. The van der Waals surface area contributed by atoms with E-state index in [-0.39, 0.29) is 70.2 Å². The van der Waals surface area contributed by atoms with Gasteiger partial charge < -0.3 is 18.9 Å². The SMILES string of the molecule is Cc1cc(C2=N[C@@H](c3ccccc3)[C@H](c3ccccc3)O2)c2c(c1)C(C)(C)C[C@]21CC(C)(C)c2cc(CCc3cc(C4=N[C@@H](c5ccccc5)[C@H](c5ccccc5)O4)c4c(c3)C(C)(C)C[C@@]43CC(C)(C)c4cc(C)cc(C5=N[C@@H](c6ccccc6)[C@H](c6ccccc6)O5)c43)cc(C3=N[C@@H](c4ccccc4)[C@H](c4ccccc4)O3)c21. The Morgan fingerprint density at radius 2 is 0.456 bits per heavy atom. The minimum atomic E-state index is -0.504. The van der Waals surface area contributed by atoms with Gasteiger partial charge in [-0.05, 0) is 198 Å². The first kappa shape index (κ1) is 71.6. The molecule has 10 atom stereocenters. The number of hydrogen-bond donors (Lipinski definition) is 0. The Hall–Kier alpha value is -11.5. The number of benzene rings is 12. The van der Waals surface area contributed by atoms with Crippen LogP contribution >= 0.6 is 0 Å². The lowest BCUT2D eigenvalue weighted by molar-refractivity contribution is 0.196. The first-order chi connectivity index (χ1) is 55.2. The van der Waals surface area contributed by atoms with Crippen molar-refractivity contribution in [2.45, 2.75) is 189 Å². The molecule has 0 saturated heterocycles. The summed E-state index contributed by atoms with van der Waals surface area (Å²) in [5.41, 5.74) is 26.6. The monoisotopic (exact) mass is 1490 g/mol. The van der Waals surface area contributed by atoms with Crippen LogP contribution in [-0.4, -0.2) is 23.6 Å². The second kappa shape index (κ2) is 27.1. The van der Waals surface area contributed by atoms with E-state index in [1.54, 1.807) is 0 Å². The van der Waals surface area contributed by atoms with Crippen molar-refractivity contribution < 1.29 is 18.9 Å². The molecule has 4 heterocycles. The van der Waals surface area contributed by atoms with Crippen molar-refractivity contribution >= 4 is 23.6 Å². The zero-order valence-electron chi connectivity index (χ0n) is 67.0. The van der Waals surface area contributed by atoms with E-state index in [4.69, 9.17) is 38.9 Å². The average molecular weight is 1490 g/mol. The number of rotatable bonds is 15. The summed E-state index contributed by atoms with van der Waals surface area (Å²) in [5, 5.41) is 0. The number of fused-ring (bicyclic) bond motifs is 8. The molecule has 2 spiro atoms. The minimum absolute atomic E-state index is 0.239. The summed E-state index contributed by atoms with van der Waals surface area (Å²) >= 11 is 0. The van der Waals surface area contributed by atoms with Crippen LogP contribution < -0.4 is 0 Å². The van der Waals surface area contributed by atoms with Crippen molar-refractivity contribution in [1.29, 1.82) is 0 Å². The fourth-order valence-corrected chi connectivity index (χ4v) is 22.2. The van der Waals surface area contributed by atoms with E-state index < -0.39 is 10.8 Å². The number of aliphatic imine (C=N–C) groups is 4. The van der Waals surface area contributed by atoms with Gasteiger partial charge in [0.2, 0.25) is 23.6 Å². The molecule has 0 N–H and O–H groups in total. The Labute approximate surface area is 671 Å². The van der Waals surface area contributed by atoms with Crippen molar-refractivity contribution in [3.05, 3.63) is 425 Å². The predicted octanol–water partition coefficient (Wildman–Crippen LogP) is 24.4. The van der Waals surface area contributed by atoms with Crippen LogP contribution in [0.2, 0.25) is 0 Å². The highest BCUT2D eigenvalue weighted by molar-refractivity contribution is 6.03. The quantitative estimate of drug-likeness (QED) is 0.102. The van der Waals surface area contributed by atoms with Gasteiger partial charge in [0.05, 0.1) is 0 Å². The molecular weight excluding hydrogens is 1390 g/mol. The molecule has 8 heteroatoms. The van der Waals surface area contributed by atoms with Crippen LogP contribution in [0.3, 0.4) is 0 Å². The Balaban J connectivity index is 0.768. The molecule has 114 heavy (non-hydrogen) atoms. The summed E-state index contributed by atoms with van der Waals surface area (Å²) in [7, 11) is 0. The number of hydrogen-bond acceptors (Lipinski definition) is 8. The third-order valence-electron chi connectivity index (χ3n) is 26.6. The van der Waals surface area contributed by atoms with Crippen LogP contribution in [0.1, 0.15) is 263 Å². The van der Waals surface area contributed by atoms with Gasteiger partial charge in [-0.15, -0.1) is 0 Å². The lowest BCUT2D eigenvalue weighted by atomic mass is 9.70. The smallest absolute Gasteiger partial charge is 0.217 e. The standard InChI is InChI=1S/C106H98N4O4/c1-65-53-77(97-107-89(69-35-19-11-20-36-69)93(111-97)73-43-27-15-28-44-73)85-81(55-65)101(3,4)61-105(85)63-103(7,8)83-59-67(57-79(87(83)105)99-109-91(71-39-23-13-24-40-71)95(113-99)75-47-31-17-32-48-75)51-52-68-58-80(100-110-92(72-41-25-14-26-42-72)96(114-100)76-49-33-18-34-50-76)88-84(60-68)104(9,10)64-106(88)62-102(5,6)82-56-66(2)54-78(86(82)106)98-108-90(70-37-21-12-22-38-70)94(112-98)74-45-29-16-30-46-74/h11-50,53-60,89-96H,51-52,61-64H2,1-10H3/t89-,90-,91-,92-,93-,94-,95-,96-,105-,106+/m0/s1. The number of aryl methyl sites for hydroxylation is 4. The molecule has 0 aromatic heterocycles. The van der Waals surface area contributed by atoms with Crippen molar-refractivity contribution in [2.75, 3.05) is 0 Å². The average Bonchev–Trinajstić information content (AvgIpc) is 1.52. The molecule has 566 valence electrons. The van der Waals surface area contributed by atoms with E-state index in [2.05, 4.69) is 360 Å². The molecule has 4 aliphatic carbocycles. The second-order valence-electron chi connectivity index (χ2n) is 36.5. The number of nitrogens with zero attached hydrogens (tertiary/aromatic N) is 4. The second-order valence-corrected chi connectivity index (χ2v) is 36.5. The normalized spacial score (nSPS) is 25.2. The zero-order valence-corrected chi connectivity index (χ0v) is 67.0. The molecule has 12 aromatic carbocycles. The molecule has 4 aliphatic heterocycles. The lowest BCUT2D eigenvalue weighted by Crippen LogP contribution is -2.30. The summed E-state index contributed by atoms with van der Waals surface area (Å²) in [4.78, 5) is 23.4. The van der Waals surface area contributed by atoms with E-state index >= 15 is 0 Å². The highest BCUT2D eigenvalue weighted by atomic mass is 16.5. The first-order valence-corrected chi connectivity index (χ1v) is 41.3. The predicted molar refractivity (Wildman–Crippen MR) is 459 cm³/mol. The van der Waals surface area contributed by atoms with Crippen LogP contribution in [0, 0.1) is 13.8 Å². The Morgan fingerprint density at radius 3 is 0.684 bits per heavy atom. The molecule has 0 fully saturated rings. The molecule has 0 radical (unpaired) electrons. The summed E-state index contributed by atoms with van der Waals surface area (Å²) in [6.45, 7) is 24.3. The molecule has 8 aliphatic rings. The molecule has 12 aromatic rings. The Kier molecular flexibility index (Phi) is 17.0. The molecule has 0 saturated carbocycles. The van der Waals surface area contributed by atoms with E-state index in [9.17, 15) is 0 Å². The van der Waals surface area contributed by atoms with Crippen LogP contribution in [0.25, 0.3) is 0 Å². The van der Waals surface area contributed by atoms with Gasteiger partial charge in [0.1, 0.15) is 24.2 Å². The topological polar surface area (TPSA) is 86.4 Å². The maximum Gasteiger partial charge on any atom is 0.217 e. The van der Waals surface area contributed by atoms with Crippen molar-refractivity contribution in [1.82, 2.24) is 0 Å². The van der Waals surface area contributed by atoms with E-state index in [0.717, 1.165) is 105 Å². The fraction of sp³-hybridized carbons (Fsp3) is 0.283. The third kappa shape index (κ3) is 11.9. The van der Waals surface area contributed by atoms with Crippen molar-refractivity contribution in [2.24, 2.45) is 20.0 Å². The van der Waals surface area contributed by atoms with E-state index in [1.807, 2.05) is 0 Å². The van der Waals surface area contributed by atoms with Gasteiger partial charge in [-0.2, -0.15) is 0 Å². The van der Waals surface area contributed by atoms with Gasteiger partial charge in [0.25, 0.3) is 0 Å². The van der Waals surface area contributed by atoms with Gasteiger partial charge in [0.15, 0.2) is 24.4 Å². The highest BCUT2D eigenvalue weighted by Crippen LogP contribution is 2.68. The largest absolute Gasteiger partial charge is 0.467 e. The molecule has 0 unspecified atom stereocenters. The highest BCUT2D eigenvalue weighted by Gasteiger charge is 2.62. The summed E-state index contributed by atoms with van der Waals surface area (Å²) in [5.74, 6) is 2.78. The van der Waals surface area contributed by atoms with E-state index in [0.29, 0.717) is 23.6 Å². The summed E-state index contributed by atoms with van der Waals surface area (Å²) in [6.07, 6.45) is 3.65. The summed E-state index contributed by atoms with van der Waals surface area (Å²) in [6, 6.07) is 105. The van der Waals surface area contributed by atoms with Gasteiger partial charge in [-0.25, -0.2) is 20.0 Å². The lowest BCUT2D eigenvalue weighted by Gasteiger charge is -2.33. The number of ether oxygens (including phenoxy) is 4. The maximum atomic E-state index is 7.70. The van der Waals surface area contributed by atoms with Crippen LogP contribution in [-0.2, 0) is 64.3 Å². The van der Waals surface area contributed by atoms with Gasteiger partial charge in [0, 0.05) is 33.1 Å². The van der Waals surface area contributed by atoms with Gasteiger partial charge in [-0.3, -0.25) is 0 Å². The first-order valence-electron chi connectivity index (χ1n) is 41.3. The van der Waals surface area contributed by atoms with Crippen molar-refractivity contribution in [3.63, 3.8) is 0 Å². The fourth-order valence-electron chi connectivity index (χ4n) is 22.2.